The third-order valence-corrected chi connectivity index (χ3v) is 3.71. The van der Waals surface area contributed by atoms with Crippen molar-refractivity contribution in [2.45, 2.75) is 70.9 Å². The van der Waals surface area contributed by atoms with Crippen molar-refractivity contribution >= 4 is 0 Å². The zero-order valence-corrected chi connectivity index (χ0v) is 11.5. The van der Waals surface area contributed by atoms with Gasteiger partial charge in [0.05, 0.1) is 0 Å². The highest BCUT2D eigenvalue weighted by atomic mass is 15.2. The largest absolute Gasteiger partial charge is 0.315 e. The Labute approximate surface area is 102 Å². The van der Waals surface area contributed by atoms with Gasteiger partial charge in [0, 0.05) is 18.6 Å². The monoisotopic (exact) mass is 226 g/mol. The van der Waals surface area contributed by atoms with Crippen molar-refractivity contribution in [1.29, 1.82) is 0 Å². The first-order chi connectivity index (χ1) is 7.75. The molecule has 2 heteroatoms. The number of hydrogen-bond acceptors (Lipinski definition) is 2. The third-order valence-electron chi connectivity index (χ3n) is 3.71. The van der Waals surface area contributed by atoms with Crippen LogP contribution >= 0.6 is 0 Å². The number of unbranched alkanes of at least 4 members (excludes halogenated alkanes) is 4. The van der Waals surface area contributed by atoms with Crippen LogP contribution in [0, 0.1) is 0 Å². The predicted molar refractivity (Wildman–Crippen MR) is 71.9 cm³/mol. The van der Waals surface area contributed by atoms with Crippen LogP contribution < -0.4 is 5.32 Å². The molecule has 1 aliphatic carbocycles. The van der Waals surface area contributed by atoms with Gasteiger partial charge in [-0.1, -0.05) is 32.6 Å². The summed E-state index contributed by atoms with van der Waals surface area (Å²) in [7, 11) is 2.27. The molecule has 0 bridgehead atoms. The lowest BCUT2D eigenvalue weighted by atomic mass is 10.1. The van der Waals surface area contributed by atoms with Gasteiger partial charge in [-0.15, -0.1) is 0 Å². The lowest BCUT2D eigenvalue weighted by molar-refractivity contribution is 0.241. The van der Waals surface area contributed by atoms with Crippen molar-refractivity contribution in [3.8, 4) is 0 Å². The highest BCUT2D eigenvalue weighted by Crippen LogP contribution is 2.26. The molecule has 0 aromatic heterocycles. The van der Waals surface area contributed by atoms with E-state index in [1.165, 1.54) is 51.5 Å². The second-order valence-corrected chi connectivity index (χ2v) is 5.36. The number of rotatable bonds is 10. The van der Waals surface area contributed by atoms with E-state index in [2.05, 4.69) is 31.1 Å². The van der Waals surface area contributed by atoms with E-state index in [4.69, 9.17) is 0 Å². The molecular formula is C14H30N2. The van der Waals surface area contributed by atoms with E-state index in [1.807, 2.05) is 0 Å². The van der Waals surface area contributed by atoms with Crippen LogP contribution in [0.4, 0.5) is 0 Å². The van der Waals surface area contributed by atoms with Crippen LogP contribution in [0.3, 0.4) is 0 Å². The zero-order valence-electron chi connectivity index (χ0n) is 11.5. The smallest absolute Gasteiger partial charge is 0.0192 e. The van der Waals surface area contributed by atoms with Gasteiger partial charge in [-0.25, -0.2) is 0 Å². The fourth-order valence-electron chi connectivity index (χ4n) is 2.15. The molecule has 0 spiro atoms. The second-order valence-electron chi connectivity index (χ2n) is 5.36. The summed E-state index contributed by atoms with van der Waals surface area (Å²) in [6, 6.07) is 1.59. The van der Waals surface area contributed by atoms with Gasteiger partial charge in [0.25, 0.3) is 0 Å². The van der Waals surface area contributed by atoms with Gasteiger partial charge in [-0.05, 0) is 39.8 Å². The van der Waals surface area contributed by atoms with E-state index in [-0.39, 0.29) is 0 Å². The first-order valence-corrected chi connectivity index (χ1v) is 7.18. The average Bonchev–Trinajstić information content (AvgIpc) is 3.10. The average molecular weight is 226 g/mol. The number of hydrogen-bond donors (Lipinski definition) is 1. The molecule has 0 heterocycles. The molecule has 0 amide bonds. The van der Waals surface area contributed by atoms with Gasteiger partial charge in [0.15, 0.2) is 0 Å². The molecule has 1 atom stereocenters. The highest BCUT2D eigenvalue weighted by molar-refractivity contribution is 4.85. The molecule has 1 unspecified atom stereocenters. The molecule has 1 aliphatic rings. The molecule has 1 fully saturated rings. The Morgan fingerprint density at radius 2 is 1.88 bits per heavy atom. The van der Waals surface area contributed by atoms with E-state index in [0.29, 0.717) is 6.04 Å². The Kier molecular flexibility index (Phi) is 7.06. The van der Waals surface area contributed by atoms with Crippen molar-refractivity contribution in [2.75, 3.05) is 20.1 Å². The number of likely N-dealkylation sites (N-methyl/N-ethyl adjacent to an activating group) is 1. The van der Waals surface area contributed by atoms with Crippen molar-refractivity contribution < 1.29 is 0 Å². The minimum absolute atomic E-state index is 0.697. The Morgan fingerprint density at radius 3 is 2.50 bits per heavy atom. The molecule has 0 aromatic carbocycles. The van der Waals surface area contributed by atoms with Crippen LogP contribution in [-0.2, 0) is 0 Å². The van der Waals surface area contributed by atoms with Gasteiger partial charge in [0.2, 0.25) is 0 Å². The van der Waals surface area contributed by atoms with Crippen LogP contribution in [0.25, 0.3) is 0 Å². The third kappa shape index (κ3) is 5.86. The van der Waals surface area contributed by atoms with Crippen LogP contribution in [-0.4, -0.2) is 37.1 Å². The Morgan fingerprint density at radius 1 is 1.19 bits per heavy atom. The number of nitrogens with zero attached hydrogens (tertiary/aromatic N) is 1. The molecule has 1 saturated carbocycles. The molecular weight excluding hydrogens is 196 g/mol. The van der Waals surface area contributed by atoms with E-state index >= 15 is 0 Å². The summed E-state index contributed by atoms with van der Waals surface area (Å²) in [6.07, 6.45) is 9.73. The summed E-state index contributed by atoms with van der Waals surface area (Å²) in [5.74, 6) is 0. The summed E-state index contributed by atoms with van der Waals surface area (Å²) < 4.78 is 0. The second kappa shape index (κ2) is 8.08. The zero-order chi connectivity index (χ0) is 11.8. The topological polar surface area (TPSA) is 15.3 Å². The molecule has 2 nitrogen and oxygen atoms in total. The predicted octanol–water partition coefficient (Wildman–Crippen LogP) is 3.03. The molecule has 1 rings (SSSR count). The van der Waals surface area contributed by atoms with E-state index < -0.39 is 0 Å². The molecule has 0 aromatic rings. The van der Waals surface area contributed by atoms with Crippen molar-refractivity contribution in [1.82, 2.24) is 10.2 Å². The van der Waals surface area contributed by atoms with Gasteiger partial charge in [-0.3, -0.25) is 4.90 Å². The SMILES string of the molecule is CCCCCCCNCC(C)N(C)C1CC1. The minimum Gasteiger partial charge on any atom is -0.315 e. The summed E-state index contributed by atoms with van der Waals surface area (Å²) in [5.41, 5.74) is 0. The van der Waals surface area contributed by atoms with E-state index in [0.717, 1.165) is 12.6 Å². The fraction of sp³-hybridized carbons (Fsp3) is 1.00. The van der Waals surface area contributed by atoms with E-state index in [1.54, 1.807) is 0 Å². The summed E-state index contributed by atoms with van der Waals surface area (Å²) in [6.45, 7) is 6.96. The quantitative estimate of drug-likeness (QED) is 0.576. The standard InChI is InChI=1S/C14H30N2/c1-4-5-6-7-8-11-15-12-13(2)16(3)14-9-10-14/h13-15H,4-12H2,1-3H3. The molecule has 0 radical (unpaired) electrons. The molecule has 1 N–H and O–H groups in total. The maximum atomic E-state index is 3.58. The summed E-state index contributed by atoms with van der Waals surface area (Å²) in [4.78, 5) is 2.53. The van der Waals surface area contributed by atoms with Crippen molar-refractivity contribution in [2.24, 2.45) is 0 Å². The fourth-order valence-corrected chi connectivity index (χ4v) is 2.15. The Bertz CT molecular complexity index is 166. The lowest BCUT2D eigenvalue weighted by Gasteiger charge is -2.24. The van der Waals surface area contributed by atoms with E-state index in [9.17, 15) is 0 Å². The Hall–Kier alpha value is -0.0800. The minimum atomic E-state index is 0.697. The van der Waals surface area contributed by atoms with Crippen molar-refractivity contribution in [3.63, 3.8) is 0 Å². The lowest BCUT2D eigenvalue weighted by Crippen LogP contribution is -2.39. The van der Waals surface area contributed by atoms with Crippen molar-refractivity contribution in [3.05, 3.63) is 0 Å². The molecule has 16 heavy (non-hydrogen) atoms. The summed E-state index contributed by atoms with van der Waals surface area (Å²) in [5, 5.41) is 3.58. The van der Waals surface area contributed by atoms with Crippen LogP contribution in [0.1, 0.15) is 58.8 Å². The van der Waals surface area contributed by atoms with Crippen LogP contribution in [0.5, 0.6) is 0 Å². The Balaban J connectivity index is 1.86. The van der Waals surface area contributed by atoms with Gasteiger partial charge in [-0.2, -0.15) is 0 Å². The van der Waals surface area contributed by atoms with Gasteiger partial charge < -0.3 is 5.32 Å². The maximum absolute atomic E-state index is 3.58. The molecule has 0 aliphatic heterocycles. The van der Waals surface area contributed by atoms with Gasteiger partial charge in [0.1, 0.15) is 0 Å². The first-order valence-electron chi connectivity index (χ1n) is 7.18. The van der Waals surface area contributed by atoms with Crippen LogP contribution in [0.15, 0.2) is 0 Å². The number of nitrogens with one attached hydrogen (secondary N) is 1. The molecule has 0 saturated heterocycles. The summed E-state index contributed by atoms with van der Waals surface area (Å²) >= 11 is 0. The maximum Gasteiger partial charge on any atom is 0.0192 e. The first kappa shape index (κ1) is 14.0. The van der Waals surface area contributed by atoms with Gasteiger partial charge >= 0.3 is 0 Å². The molecule has 96 valence electrons. The van der Waals surface area contributed by atoms with Crippen LogP contribution in [0.2, 0.25) is 0 Å². The highest BCUT2D eigenvalue weighted by Gasteiger charge is 2.28. The normalized spacial score (nSPS) is 18.0.